The molecule has 2 rings (SSSR count). The number of benzene rings is 2. The maximum absolute atomic E-state index is 12.7. The fourth-order valence-corrected chi connectivity index (χ4v) is 5.01. The van der Waals surface area contributed by atoms with Crippen molar-refractivity contribution in [3.05, 3.63) is 59.7 Å². The van der Waals surface area contributed by atoms with Crippen molar-refractivity contribution < 1.29 is 26.4 Å². The quantitative estimate of drug-likeness (QED) is 0.466. The first-order chi connectivity index (χ1) is 15.3. The zero-order valence-electron chi connectivity index (χ0n) is 19.0. The van der Waals surface area contributed by atoms with Gasteiger partial charge in [-0.1, -0.05) is 37.6 Å². The van der Waals surface area contributed by atoms with Gasteiger partial charge in [0.15, 0.2) is 0 Å². The first-order valence-electron chi connectivity index (χ1n) is 9.97. The van der Waals surface area contributed by atoms with E-state index >= 15 is 0 Å². The molecule has 0 radical (unpaired) electrons. The summed E-state index contributed by atoms with van der Waals surface area (Å²) in [7, 11) is -5.00. The molecule has 180 valence electrons. The van der Waals surface area contributed by atoms with Crippen LogP contribution in [0.4, 0.5) is 0 Å². The molecule has 0 aliphatic rings. The SMILES string of the molecule is Cc1ccc(S(=O)(=O)N[C@H](C(=O)NNC(=O)c2cccc(S(=O)(=O)N(C)C)c2)C(C)C)cc1. The summed E-state index contributed by atoms with van der Waals surface area (Å²) in [4.78, 5) is 25.0. The maximum Gasteiger partial charge on any atom is 0.269 e. The predicted molar refractivity (Wildman–Crippen MR) is 123 cm³/mol. The van der Waals surface area contributed by atoms with Gasteiger partial charge in [0.05, 0.1) is 9.79 Å². The molecule has 33 heavy (non-hydrogen) atoms. The number of amides is 2. The Kier molecular flexibility index (Phi) is 8.36. The van der Waals surface area contributed by atoms with E-state index in [1.54, 1.807) is 26.0 Å². The van der Waals surface area contributed by atoms with E-state index in [-0.39, 0.29) is 15.4 Å². The lowest BCUT2D eigenvalue weighted by atomic mass is 10.1. The highest BCUT2D eigenvalue weighted by Gasteiger charge is 2.29. The number of nitrogens with one attached hydrogen (secondary N) is 3. The summed E-state index contributed by atoms with van der Waals surface area (Å²) in [6.07, 6.45) is 0. The third kappa shape index (κ3) is 6.60. The van der Waals surface area contributed by atoms with Gasteiger partial charge >= 0.3 is 0 Å². The number of carbonyl (C=O) groups excluding carboxylic acids is 2. The van der Waals surface area contributed by atoms with Crippen LogP contribution >= 0.6 is 0 Å². The number of sulfonamides is 2. The highest BCUT2D eigenvalue weighted by Crippen LogP contribution is 2.15. The number of hydrogen-bond acceptors (Lipinski definition) is 6. The van der Waals surface area contributed by atoms with Gasteiger partial charge in [-0.25, -0.2) is 21.1 Å². The van der Waals surface area contributed by atoms with Crippen LogP contribution in [-0.4, -0.2) is 53.1 Å². The third-order valence-corrected chi connectivity index (χ3v) is 8.00. The summed E-state index contributed by atoms with van der Waals surface area (Å²) in [5.74, 6) is -1.97. The van der Waals surface area contributed by atoms with Gasteiger partial charge in [0.2, 0.25) is 20.0 Å². The van der Waals surface area contributed by atoms with E-state index in [1.165, 1.54) is 50.5 Å². The molecule has 1 atom stereocenters. The highest BCUT2D eigenvalue weighted by molar-refractivity contribution is 7.89. The number of carbonyl (C=O) groups is 2. The molecule has 0 aliphatic heterocycles. The second-order valence-electron chi connectivity index (χ2n) is 7.91. The third-order valence-electron chi connectivity index (χ3n) is 4.74. The van der Waals surface area contributed by atoms with Gasteiger partial charge in [-0.15, -0.1) is 0 Å². The fraction of sp³-hybridized carbons (Fsp3) is 0.333. The average Bonchev–Trinajstić information content (AvgIpc) is 2.75. The highest BCUT2D eigenvalue weighted by atomic mass is 32.2. The zero-order chi connectivity index (χ0) is 25.0. The van der Waals surface area contributed by atoms with Crippen molar-refractivity contribution in [3.8, 4) is 0 Å². The Morgan fingerprint density at radius 1 is 0.879 bits per heavy atom. The molecule has 2 aromatic rings. The molecule has 0 saturated heterocycles. The number of hydrogen-bond donors (Lipinski definition) is 3. The fourth-order valence-electron chi connectivity index (χ4n) is 2.72. The minimum absolute atomic E-state index is 0.000409. The monoisotopic (exact) mass is 496 g/mol. The van der Waals surface area contributed by atoms with Crippen LogP contribution in [0.15, 0.2) is 58.3 Å². The van der Waals surface area contributed by atoms with Crippen molar-refractivity contribution in [3.63, 3.8) is 0 Å². The summed E-state index contributed by atoms with van der Waals surface area (Å²) in [5.41, 5.74) is 5.28. The minimum atomic E-state index is -3.98. The van der Waals surface area contributed by atoms with Crippen LogP contribution in [0.25, 0.3) is 0 Å². The van der Waals surface area contributed by atoms with Crippen LogP contribution in [0.5, 0.6) is 0 Å². The molecular weight excluding hydrogens is 468 g/mol. The normalized spacial score (nSPS) is 13.1. The molecule has 0 heterocycles. The summed E-state index contributed by atoms with van der Waals surface area (Å²) in [6, 6.07) is 10.3. The first-order valence-corrected chi connectivity index (χ1v) is 12.9. The molecule has 10 nitrogen and oxygen atoms in total. The van der Waals surface area contributed by atoms with Crippen molar-refractivity contribution in [2.24, 2.45) is 5.92 Å². The predicted octanol–water partition coefficient (Wildman–Crippen LogP) is 1.01. The molecule has 0 spiro atoms. The first kappa shape index (κ1) is 26.5. The van der Waals surface area contributed by atoms with E-state index in [4.69, 9.17) is 0 Å². The lowest BCUT2D eigenvalue weighted by Crippen LogP contribution is -2.54. The lowest BCUT2D eigenvalue weighted by Gasteiger charge is -2.22. The van der Waals surface area contributed by atoms with Crippen molar-refractivity contribution >= 4 is 31.9 Å². The van der Waals surface area contributed by atoms with Crippen LogP contribution < -0.4 is 15.6 Å². The molecule has 0 bridgehead atoms. The summed E-state index contributed by atoms with van der Waals surface area (Å²) >= 11 is 0. The van der Waals surface area contributed by atoms with Crippen LogP contribution in [-0.2, 0) is 24.8 Å². The molecule has 12 heteroatoms. The van der Waals surface area contributed by atoms with E-state index in [0.717, 1.165) is 9.87 Å². The molecule has 0 aliphatic carbocycles. The van der Waals surface area contributed by atoms with Gasteiger partial charge in [0.1, 0.15) is 6.04 Å². The molecule has 0 unspecified atom stereocenters. The van der Waals surface area contributed by atoms with Crippen molar-refractivity contribution in [1.82, 2.24) is 19.9 Å². The topological polar surface area (TPSA) is 142 Å². The summed E-state index contributed by atoms with van der Waals surface area (Å²) < 4.78 is 53.2. The molecule has 3 N–H and O–H groups in total. The van der Waals surface area contributed by atoms with Crippen LogP contribution in [0.2, 0.25) is 0 Å². The summed E-state index contributed by atoms with van der Waals surface area (Å²) in [5, 5.41) is 0. The Hall–Kier alpha value is -2.80. The van der Waals surface area contributed by atoms with E-state index in [2.05, 4.69) is 15.6 Å². The van der Waals surface area contributed by atoms with E-state index in [9.17, 15) is 26.4 Å². The summed E-state index contributed by atoms with van der Waals surface area (Å²) in [6.45, 7) is 5.13. The molecule has 0 aromatic heterocycles. The van der Waals surface area contributed by atoms with Crippen LogP contribution in [0, 0.1) is 12.8 Å². The Balaban J connectivity index is 2.13. The van der Waals surface area contributed by atoms with Gasteiger partial charge in [-0.3, -0.25) is 20.4 Å². The second kappa shape index (κ2) is 10.4. The number of aryl methyl sites for hydroxylation is 1. The van der Waals surface area contributed by atoms with Gasteiger partial charge in [0.25, 0.3) is 11.8 Å². The molecule has 2 amide bonds. The Morgan fingerprint density at radius 3 is 2.03 bits per heavy atom. The Morgan fingerprint density at radius 2 is 1.48 bits per heavy atom. The van der Waals surface area contributed by atoms with Gasteiger partial charge in [-0.05, 0) is 43.2 Å². The number of hydrazine groups is 1. The number of nitrogens with zero attached hydrogens (tertiary/aromatic N) is 1. The van der Waals surface area contributed by atoms with Crippen LogP contribution in [0.1, 0.15) is 29.8 Å². The van der Waals surface area contributed by atoms with Crippen molar-refractivity contribution in [2.75, 3.05) is 14.1 Å². The van der Waals surface area contributed by atoms with Gasteiger partial charge < -0.3 is 0 Å². The van der Waals surface area contributed by atoms with Gasteiger partial charge in [-0.2, -0.15) is 4.72 Å². The Labute approximate surface area is 194 Å². The van der Waals surface area contributed by atoms with Crippen LogP contribution in [0.3, 0.4) is 0 Å². The van der Waals surface area contributed by atoms with Crippen molar-refractivity contribution in [2.45, 2.75) is 36.6 Å². The average molecular weight is 497 g/mol. The van der Waals surface area contributed by atoms with E-state index < -0.39 is 43.8 Å². The Bertz CT molecular complexity index is 1220. The molecule has 2 aromatic carbocycles. The maximum atomic E-state index is 12.7. The largest absolute Gasteiger partial charge is 0.271 e. The molecular formula is C21H28N4O6S2. The standard InChI is InChI=1S/C21H28N4O6S2/c1-14(2)19(24-32(28,29)17-11-9-15(3)10-12-17)21(27)23-22-20(26)16-7-6-8-18(13-16)33(30,31)25(4)5/h6-14,19,24H,1-5H3,(H,22,26)(H,23,27)/t19-/m0/s1. The lowest BCUT2D eigenvalue weighted by molar-refractivity contribution is -0.124. The smallest absolute Gasteiger partial charge is 0.269 e. The minimum Gasteiger partial charge on any atom is -0.271 e. The molecule has 0 saturated carbocycles. The zero-order valence-corrected chi connectivity index (χ0v) is 20.6. The molecule has 0 fully saturated rings. The van der Waals surface area contributed by atoms with E-state index in [1.807, 2.05) is 6.92 Å². The van der Waals surface area contributed by atoms with Crippen molar-refractivity contribution in [1.29, 1.82) is 0 Å². The van der Waals surface area contributed by atoms with E-state index in [0.29, 0.717) is 0 Å². The van der Waals surface area contributed by atoms with Gasteiger partial charge in [0, 0.05) is 19.7 Å². The second-order valence-corrected chi connectivity index (χ2v) is 11.8. The number of rotatable bonds is 8.